The van der Waals surface area contributed by atoms with Gasteiger partial charge in [0.2, 0.25) is 0 Å². The summed E-state index contributed by atoms with van der Waals surface area (Å²) in [7, 11) is 3.13. The van der Waals surface area contributed by atoms with Crippen LogP contribution in [0.25, 0.3) is 0 Å². The molecule has 0 aromatic heterocycles. The van der Waals surface area contributed by atoms with E-state index >= 15 is 0 Å². The molecule has 0 bridgehead atoms. The highest BCUT2D eigenvalue weighted by atomic mass is 16.5. The van der Waals surface area contributed by atoms with E-state index in [2.05, 4.69) is 10.5 Å². The predicted molar refractivity (Wildman–Crippen MR) is 103 cm³/mol. The number of hydrogen-bond donors (Lipinski definition) is 1. The number of nitrogens with zero attached hydrogens (tertiary/aromatic N) is 1. The lowest BCUT2D eigenvalue weighted by atomic mass is 10.2. The van der Waals surface area contributed by atoms with Gasteiger partial charge in [0.25, 0.3) is 5.91 Å². The van der Waals surface area contributed by atoms with Crippen molar-refractivity contribution in [3.8, 4) is 23.0 Å². The van der Waals surface area contributed by atoms with Gasteiger partial charge in [0.05, 0.1) is 33.6 Å². The average molecular weight is 372 g/mol. The second-order valence-electron chi connectivity index (χ2n) is 5.34. The van der Waals surface area contributed by atoms with Crippen LogP contribution in [-0.2, 0) is 0 Å². The molecule has 0 aliphatic heterocycles. The summed E-state index contributed by atoms with van der Waals surface area (Å²) in [5, 5.41) is 3.99. The summed E-state index contributed by atoms with van der Waals surface area (Å²) in [4.78, 5) is 12.3. The summed E-state index contributed by atoms with van der Waals surface area (Å²) in [5.41, 5.74) is 3.68. The molecule has 1 amide bonds. The average Bonchev–Trinajstić information content (AvgIpc) is 2.69. The molecule has 7 heteroatoms. The highest BCUT2D eigenvalue weighted by molar-refractivity contribution is 5.95. The van der Waals surface area contributed by atoms with Crippen LogP contribution >= 0.6 is 0 Å². The third-order valence-electron chi connectivity index (χ3n) is 3.59. The number of methoxy groups -OCH3 is 2. The molecule has 0 unspecified atom stereocenters. The highest BCUT2D eigenvalue weighted by Gasteiger charge is 2.11. The fourth-order valence-electron chi connectivity index (χ4n) is 2.36. The molecular weight excluding hydrogens is 348 g/mol. The molecule has 0 radical (unpaired) electrons. The molecule has 2 aromatic carbocycles. The largest absolute Gasteiger partial charge is 0.493 e. The number of hydrazone groups is 1. The second-order valence-corrected chi connectivity index (χ2v) is 5.34. The van der Waals surface area contributed by atoms with Crippen molar-refractivity contribution in [1.82, 2.24) is 5.43 Å². The summed E-state index contributed by atoms with van der Waals surface area (Å²) < 4.78 is 21.5. The van der Waals surface area contributed by atoms with Gasteiger partial charge in [-0.2, -0.15) is 5.10 Å². The Morgan fingerprint density at radius 2 is 1.59 bits per heavy atom. The molecule has 0 heterocycles. The summed E-state index contributed by atoms with van der Waals surface area (Å²) in [6.45, 7) is 4.75. The zero-order valence-corrected chi connectivity index (χ0v) is 15.9. The molecule has 1 N–H and O–H groups in total. The summed E-state index contributed by atoms with van der Waals surface area (Å²) in [6, 6.07) is 10.3. The van der Waals surface area contributed by atoms with Crippen molar-refractivity contribution >= 4 is 12.1 Å². The number of carbonyl (C=O) groups is 1. The van der Waals surface area contributed by atoms with Crippen molar-refractivity contribution in [2.45, 2.75) is 13.8 Å². The minimum absolute atomic E-state index is 0.351. The van der Waals surface area contributed by atoms with Crippen LogP contribution in [0.2, 0.25) is 0 Å². The van der Waals surface area contributed by atoms with Gasteiger partial charge in [-0.1, -0.05) is 0 Å². The molecule has 0 fully saturated rings. The second kappa shape index (κ2) is 10.1. The smallest absolute Gasteiger partial charge is 0.271 e. The van der Waals surface area contributed by atoms with E-state index in [1.165, 1.54) is 6.21 Å². The van der Waals surface area contributed by atoms with E-state index in [4.69, 9.17) is 18.9 Å². The molecule has 0 aliphatic rings. The molecule has 27 heavy (non-hydrogen) atoms. The van der Waals surface area contributed by atoms with E-state index in [-0.39, 0.29) is 5.91 Å². The van der Waals surface area contributed by atoms with E-state index in [1.807, 2.05) is 13.8 Å². The minimum Gasteiger partial charge on any atom is -0.493 e. The van der Waals surface area contributed by atoms with Crippen LogP contribution in [0.5, 0.6) is 23.0 Å². The molecule has 2 aromatic rings. The summed E-state index contributed by atoms with van der Waals surface area (Å²) in [6.07, 6.45) is 1.53. The molecule has 0 saturated carbocycles. The van der Waals surface area contributed by atoms with E-state index in [9.17, 15) is 4.79 Å². The predicted octanol–water partition coefficient (Wildman–Crippen LogP) is 3.27. The molecule has 0 saturated heterocycles. The van der Waals surface area contributed by atoms with Gasteiger partial charge in [-0.05, 0) is 55.8 Å². The third kappa shape index (κ3) is 5.37. The van der Waals surface area contributed by atoms with E-state index < -0.39 is 0 Å². The van der Waals surface area contributed by atoms with Crippen molar-refractivity contribution < 1.29 is 23.7 Å². The topological polar surface area (TPSA) is 78.4 Å². The van der Waals surface area contributed by atoms with Gasteiger partial charge in [-0.3, -0.25) is 4.79 Å². The maximum atomic E-state index is 12.3. The third-order valence-corrected chi connectivity index (χ3v) is 3.59. The van der Waals surface area contributed by atoms with E-state index in [0.29, 0.717) is 41.8 Å². The Morgan fingerprint density at radius 1 is 0.926 bits per heavy atom. The number of hydrogen-bond acceptors (Lipinski definition) is 6. The zero-order chi connectivity index (χ0) is 19.6. The number of ether oxygens (including phenoxy) is 4. The van der Waals surface area contributed by atoms with Gasteiger partial charge in [-0.15, -0.1) is 0 Å². The van der Waals surface area contributed by atoms with Gasteiger partial charge in [0.15, 0.2) is 23.0 Å². The first-order valence-corrected chi connectivity index (χ1v) is 8.58. The molecule has 7 nitrogen and oxygen atoms in total. The van der Waals surface area contributed by atoms with Crippen LogP contribution < -0.4 is 24.4 Å². The zero-order valence-electron chi connectivity index (χ0n) is 15.9. The van der Waals surface area contributed by atoms with Crippen molar-refractivity contribution in [2.75, 3.05) is 27.4 Å². The van der Waals surface area contributed by atoms with Crippen LogP contribution in [0.1, 0.15) is 29.8 Å². The van der Waals surface area contributed by atoms with Crippen LogP contribution in [0.4, 0.5) is 0 Å². The van der Waals surface area contributed by atoms with Gasteiger partial charge in [0.1, 0.15) is 0 Å². The van der Waals surface area contributed by atoms with Crippen LogP contribution in [0, 0.1) is 0 Å². The van der Waals surface area contributed by atoms with Crippen molar-refractivity contribution in [3.63, 3.8) is 0 Å². The molecule has 144 valence electrons. The summed E-state index contributed by atoms with van der Waals surface area (Å²) in [5.74, 6) is 1.98. The number of nitrogens with one attached hydrogen (secondary N) is 1. The lowest BCUT2D eigenvalue weighted by molar-refractivity contribution is 0.0954. The Hall–Kier alpha value is -3.22. The molecular formula is C20H24N2O5. The van der Waals surface area contributed by atoms with E-state index in [1.54, 1.807) is 50.6 Å². The number of rotatable bonds is 9. The molecule has 0 aliphatic carbocycles. The molecule has 0 atom stereocenters. The Labute approximate surface area is 158 Å². The Balaban J connectivity index is 2.08. The highest BCUT2D eigenvalue weighted by Crippen LogP contribution is 2.29. The lowest BCUT2D eigenvalue weighted by Gasteiger charge is -2.11. The van der Waals surface area contributed by atoms with Crippen molar-refractivity contribution in [1.29, 1.82) is 0 Å². The van der Waals surface area contributed by atoms with Gasteiger partial charge in [-0.25, -0.2) is 5.43 Å². The fraction of sp³-hybridized carbons (Fsp3) is 0.300. The lowest BCUT2D eigenvalue weighted by Crippen LogP contribution is -2.17. The SMILES string of the molecule is CCOc1ccc(C(=O)N/N=C/c2ccc(OC)c(OC)c2)cc1OCC. The van der Waals surface area contributed by atoms with Crippen LogP contribution in [0.15, 0.2) is 41.5 Å². The number of benzene rings is 2. The first-order chi connectivity index (χ1) is 13.1. The van der Waals surface area contributed by atoms with Crippen molar-refractivity contribution in [3.05, 3.63) is 47.5 Å². The maximum absolute atomic E-state index is 12.3. The number of carbonyl (C=O) groups excluding carboxylic acids is 1. The standard InChI is InChI=1S/C20H24N2O5/c1-5-26-17-10-8-15(12-19(17)27-6-2)20(23)22-21-13-14-7-9-16(24-3)18(11-14)25-4/h7-13H,5-6H2,1-4H3,(H,22,23)/b21-13+. The maximum Gasteiger partial charge on any atom is 0.271 e. The van der Waals surface area contributed by atoms with E-state index in [0.717, 1.165) is 5.56 Å². The molecule has 0 spiro atoms. The molecule has 2 rings (SSSR count). The first kappa shape index (κ1) is 20.1. The fourth-order valence-corrected chi connectivity index (χ4v) is 2.36. The monoisotopic (exact) mass is 372 g/mol. The Bertz CT molecular complexity index is 805. The first-order valence-electron chi connectivity index (χ1n) is 8.58. The van der Waals surface area contributed by atoms with Gasteiger partial charge in [0, 0.05) is 5.56 Å². The minimum atomic E-state index is -0.351. The van der Waals surface area contributed by atoms with Crippen molar-refractivity contribution in [2.24, 2.45) is 5.10 Å². The quantitative estimate of drug-likeness (QED) is 0.540. The number of amides is 1. The summed E-state index contributed by atoms with van der Waals surface area (Å²) >= 11 is 0. The van der Waals surface area contributed by atoms with Crippen LogP contribution in [0.3, 0.4) is 0 Å². The van der Waals surface area contributed by atoms with Gasteiger partial charge >= 0.3 is 0 Å². The Kier molecular flexibility index (Phi) is 7.49. The van der Waals surface area contributed by atoms with Crippen LogP contribution in [-0.4, -0.2) is 39.6 Å². The Morgan fingerprint density at radius 3 is 2.26 bits per heavy atom. The normalized spacial score (nSPS) is 10.5. The van der Waals surface area contributed by atoms with Gasteiger partial charge < -0.3 is 18.9 Å².